The lowest BCUT2D eigenvalue weighted by Gasteiger charge is -2.02. The molecule has 1 aromatic heterocycles. The van der Waals surface area contributed by atoms with Gasteiger partial charge in [-0.05, 0) is 5.56 Å². The standard InChI is InChI=1S/C11H8F3N3O3/c12-11(13,14)9-16-8(17-20-9)7-3-1-6(2-4-7)5-19-10(15)18/h1-4H,5H2,(H2,15,18). The SMILES string of the molecule is NC(=O)OCc1ccc(-c2noc(C(F)(F)F)n2)cc1. The Morgan fingerprint density at radius 1 is 1.30 bits per heavy atom. The van der Waals surface area contributed by atoms with E-state index in [0.29, 0.717) is 11.1 Å². The summed E-state index contributed by atoms with van der Waals surface area (Å²) in [6.45, 7) is -0.0321. The van der Waals surface area contributed by atoms with Gasteiger partial charge in [0.25, 0.3) is 0 Å². The van der Waals surface area contributed by atoms with Crippen LogP contribution in [-0.4, -0.2) is 16.2 Å². The average Bonchev–Trinajstić information content (AvgIpc) is 2.86. The second-order valence-corrected chi connectivity index (χ2v) is 3.73. The van der Waals surface area contributed by atoms with E-state index in [1.165, 1.54) is 12.1 Å². The van der Waals surface area contributed by atoms with Crippen molar-refractivity contribution in [1.82, 2.24) is 10.1 Å². The van der Waals surface area contributed by atoms with Crippen LogP contribution < -0.4 is 5.73 Å². The molecule has 0 bridgehead atoms. The van der Waals surface area contributed by atoms with E-state index in [0.717, 1.165) is 0 Å². The second kappa shape index (κ2) is 5.19. The van der Waals surface area contributed by atoms with Crippen LogP contribution in [0.3, 0.4) is 0 Å². The summed E-state index contributed by atoms with van der Waals surface area (Å²) in [4.78, 5) is 13.7. The number of carbonyl (C=O) groups is 1. The summed E-state index contributed by atoms with van der Waals surface area (Å²) in [7, 11) is 0. The van der Waals surface area contributed by atoms with E-state index in [2.05, 4.69) is 19.4 Å². The highest BCUT2D eigenvalue weighted by Gasteiger charge is 2.38. The lowest BCUT2D eigenvalue weighted by atomic mass is 10.1. The number of carbonyl (C=O) groups excluding carboxylic acids is 1. The molecule has 0 saturated heterocycles. The maximum atomic E-state index is 12.3. The Bertz CT molecular complexity index is 607. The van der Waals surface area contributed by atoms with E-state index in [1.807, 2.05) is 0 Å². The first-order chi connectivity index (χ1) is 9.36. The van der Waals surface area contributed by atoms with E-state index in [9.17, 15) is 18.0 Å². The van der Waals surface area contributed by atoms with Crippen LogP contribution in [0.15, 0.2) is 28.8 Å². The van der Waals surface area contributed by atoms with Gasteiger partial charge in [0, 0.05) is 5.56 Å². The highest BCUT2D eigenvalue weighted by molar-refractivity contribution is 5.64. The number of aromatic nitrogens is 2. The fourth-order valence-electron chi connectivity index (χ4n) is 1.36. The molecule has 0 saturated carbocycles. The summed E-state index contributed by atoms with van der Waals surface area (Å²) in [5, 5.41) is 3.25. The monoisotopic (exact) mass is 287 g/mol. The van der Waals surface area contributed by atoms with Crippen LogP contribution in [-0.2, 0) is 17.5 Å². The first-order valence-electron chi connectivity index (χ1n) is 5.28. The molecule has 6 nitrogen and oxygen atoms in total. The summed E-state index contributed by atoms with van der Waals surface area (Å²) in [5.74, 6) is -1.59. The van der Waals surface area contributed by atoms with E-state index in [-0.39, 0.29) is 12.4 Å². The molecule has 0 aliphatic carbocycles. The first-order valence-corrected chi connectivity index (χ1v) is 5.28. The molecular weight excluding hydrogens is 279 g/mol. The summed E-state index contributed by atoms with van der Waals surface area (Å²) < 4.78 is 45.6. The van der Waals surface area contributed by atoms with Gasteiger partial charge in [0.2, 0.25) is 5.82 Å². The van der Waals surface area contributed by atoms with E-state index < -0.39 is 18.2 Å². The molecule has 20 heavy (non-hydrogen) atoms. The number of nitrogens with two attached hydrogens (primary N) is 1. The van der Waals surface area contributed by atoms with Crippen molar-refractivity contribution in [2.75, 3.05) is 0 Å². The molecule has 2 rings (SSSR count). The topological polar surface area (TPSA) is 91.2 Å². The van der Waals surface area contributed by atoms with Crippen molar-refractivity contribution in [2.24, 2.45) is 5.73 Å². The molecule has 1 aromatic carbocycles. The van der Waals surface area contributed by atoms with E-state index in [1.54, 1.807) is 12.1 Å². The number of halogens is 3. The third-order valence-corrected chi connectivity index (χ3v) is 2.26. The van der Waals surface area contributed by atoms with Crippen molar-refractivity contribution in [1.29, 1.82) is 0 Å². The molecule has 0 aliphatic heterocycles. The highest BCUT2D eigenvalue weighted by atomic mass is 19.4. The van der Waals surface area contributed by atoms with Gasteiger partial charge in [0.15, 0.2) is 0 Å². The number of ether oxygens (including phenoxy) is 1. The van der Waals surface area contributed by atoms with Gasteiger partial charge in [-0.3, -0.25) is 0 Å². The molecule has 9 heteroatoms. The first kappa shape index (κ1) is 13.8. The maximum Gasteiger partial charge on any atom is 0.471 e. The molecule has 1 amide bonds. The summed E-state index contributed by atoms with van der Waals surface area (Å²) in [6.07, 6.45) is -5.59. The third-order valence-electron chi connectivity index (χ3n) is 2.26. The van der Waals surface area contributed by atoms with E-state index >= 15 is 0 Å². The zero-order valence-electron chi connectivity index (χ0n) is 9.85. The normalized spacial score (nSPS) is 11.3. The molecule has 2 N–H and O–H groups in total. The zero-order valence-corrected chi connectivity index (χ0v) is 9.85. The molecule has 0 atom stereocenters. The Morgan fingerprint density at radius 3 is 2.45 bits per heavy atom. The number of hydrogen-bond acceptors (Lipinski definition) is 5. The van der Waals surface area contributed by atoms with Crippen LogP contribution >= 0.6 is 0 Å². The van der Waals surface area contributed by atoms with Gasteiger partial charge in [0.1, 0.15) is 6.61 Å². The lowest BCUT2D eigenvalue weighted by Crippen LogP contribution is -2.12. The van der Waals surface area contributed by atoms with Crippen LogP contribution in [0.4, 0.5) is 18.0 Å². The summed E-state index contributed by atoms with van der Waals surface area (Å²) >= 11 is 0. The van der Waals surface area contributed by atoms with Crippen molar-refractivity contribution < 1.29 is 27.2 Å². The number of primary amides is 1. The Morgan fingerprint density at radius 2 is 1.95 bits per heavy atom. The van der Waals surface area contributed by atoms with Gasteiger partial charge in [-0.15, -0.1) is 0 Å². The number of hydrogen-bond donors (Lipinski definition) is 1. The van der Waals surface area contributed by atoms with Crippen LogP contribution in [0.1, 0.15) is 11.5 Å². The minimum Gasteiger partial charge on any atom is -0.445 e. The van der Waals surface area contributed by atoms with Gasteiger partial charge in [0.05, 0.1) is 0 Å². The maximum absolute atomic E-state index is 12.3. The quantitative estimate of drug-likeness (QED) is 0.935. The third kappa shape index (κ3) is 3.25. The number of alkyl halides is 3. The number of nitrogens with zero attached hydrogens (tertiary/aromatic N) is 2. The minimum absolute atomic E-state index is 0.0321. The molecule has 106 valence electrons. The van der Waals surface area contributed by atoms with Crippen molar-refractivity contribution in [3.05, 3.63) is 35.7 Å². The Labute approximate surface area is 110 Å². The smallest absolute Gasteiger partial charge is 0.445 e. The van der Waals surface area contributed by atoms with Gasteiger partial charge in [-0.1, -0.05) is 29.4 Å². The van der Waals surface area contributed by atoms with Crippen LogP contribution in [0, 0.1) is 0 Å². The fraction of sp³-hybridized carbons (Fsp3) is 0.182. The van der Waals surface area contributed by atoms with Crippen molar-refractivity contribution in [3.63, 3.8) is 0 Å². The van der Waals surface area contributed by atoms with Gasteiger partial charge in [-0.2, -0.15) is 18.2 Å². The highest BCUT2D eigenvalue weighted by Crippen LogP contribution is 2.29. The molecule has 0 fully saturated rings. The molecule has 1 heterocycles. The Hall–Kier alpha value is -2.58. The Kier molecular flexibility index (Phi) is 3.59. The average molecular weight is 287 g/mol. The zero-order chi connectivity index (χ0) is 14.8. The molecule has 0 unspecified atom stereocenters. The lowest BCUT2D eigenvalue weighted by molar-refractivity contribution is -0.159. The van der Waals surface area contributed by atoms with Crippen LogP contribution in [0.25, 0.3) is 11.4 Å². The van der Waals surface area contributed by atoms with Gasteiger partial charge < -0.3 is 15.0 Å². The minimum atomic E-state index is -4.68. The van der Waals surface area contributed by atoms with E-state index in [4.69, 9.17) is 5.73 Å². The van der Waals surface area contributed by atoms with Crippen LogP contribution in [0.5, 0.6) is 0 Å². The molecule has 0 spiro atoms. The van der Waals surface area contributed by atoms with Crippen molar-refractivity contribution in [2.45, 2.75) is 12.8 Å². The summed E-state index contributed by atoms with van der Waals surface area (Å²) in [6, 6.07) is 6.04. The largest absolute Gasteiger partial charge is 0.471 e. The summed E-state index contributed by atoms with van der Waals surface area (Å²) in [5.41, 5.74) is 5.76. The molecule has 0 aliphatic rings. The van der Waals surface area contributed by atoms with Crippen LogP contribution in [0.2, 0.25) is 0 Å². The number of amides is 1. The Balaban J connectivity index is 2.14. The van der Waals surface area contributed by atoms with Crippen molar-refractivity contribution >= 4 is 6.09 Å². The van der Waals surface area contributed by atoms with Gasteiger partial charge in [-0.25, -0.2) is 4.79 Å². The fourth-order valence-corrected chi connectivity index (χ4v) is 1.36. The van der Waals surface area contributed by atoms with Gasteiger partial charge >= 0.3 is 18.2 Å². The van der Waals surface area contributed by atoms with Crippen molar-refractivity contribution in [3.8, 4) is 11.4 Å². The molecule has 2 aromatic rings. The molecular formula is C11H8F3N3O3. The number of benzene rings is 1. The second-order valence-electron chi connectivity index (χ2n) is 3.73. The predicted octanol–water partition coefficient (Wildman–Crippen LogP) is 2.35. The number of rotatable bonds is 3. The predicted molar refractivity (Wildman–Crippen MR) is 59.1 cm³/mol. The molecule has 0 radical (unpaired) electrons.